The summed E-state index contributed by atoms with van der Waals surface area (Å²) in [7, 11) is 0. The van der Waals surface area contributed by atoms with Gasteiger partial charge in [-0.3, -0.25) is 14.5 Å². The maximum absolute atomic E-state index is 5.69. The molecule has 5 nitrogen and oxygen atoms in total. The molecule has 0 saturated heterocycles. The number of pyridine rings is 1. The van der Waals surface area contributed by atoms with Crippen molar-refractivity contribution in [2.45, 2.75) is 26.2 Å². The third-order valence-corrected chi connectivity index (χ3v) is 5.13. The van der Waals surface area contributed by atoms with Crippen molar-refractivity contribution < 1.29 is 0 Å². The Kier molecular flexibility index (Phi) is 4.77. The van der Waals surface area contributed by atoms with Gasteiger partial charge in [-0.2, -0.15) is 5.10 Å². The van der Waals surface area contributed by atoms with E-state index in [9.17, 15) is 0 Å². The molecular weight excluding hydrogens is 342 g/mol. The van der Waals surface area contributed by atoms with E-state index in [0.29, 0.717) is 18.0 Å². The molecule has 4 rings (SSSR count). The molecule has 132 valence electrons. The second kappa shape index (κ2) is 7.35. The van der Waals surface area contributed by atoms with E-state index in [1.165, 1.54) is 11.1 Å². The molecule has 0 amide bonds. The first kappa shape index (κ1) is 16.9. The summed E-state index contributed by atoms with van der Waals surface area (Å²) in [4.78, 5) is 6.59. The number of nitrogens with zero attached hydrogens (tertiary/aromatic N) is 5. The van der Waals surface area contributed by atoms with Gasteiger partial charge in [0, 0.05) is 37.6 Å². The van der Waals surface area contributed by atoms with E-state index < -0.39 is 0 Å². The van der Waals surface area contributed by atoms with Crippen molar-refractivity contribution in [3.05, 3.63) is 77.3 Å². The van der Waals surface area contributed by atoms with Gasteiger partial charge in [0.15, 0.2) is 10.6 Å². The van der Waals surface area contributed by atoms with Gasteiger partial charge >= 0.3 is 0 Å². The van der Waals surface area contributed by atoms with Crippen LogP contribution >= 0.6 is 12.2 Å². The Hall–Kier alpha value is -2.57. The van der Waals surface area contributed by atoms with Crippen molar-refractivity contribution in [3.63, 3.8) is 0 Å². The number of rotatable bonds is 5. The zero-order valence-electron chi connectivity index (χ0n) is 14.6. The Morgan fingerprint density at radius 2 is 2.00 bits per heavy atom. The second-order valence-electron chi connectivity index (χ2n) is 6.46. The van der Waals surface area contributed by atoms with E-state index in [1.54, 1.807) is 6.20 Å². The van der Waals surface area contributed by atoms with Crippen LogP contribution < -0.4 is 0 Å². The lowest BCUT2D eigenvalue weighted by Gasteiger charge is -2.28. The molecule has 0 unspecified atom stereocenters. The molecule has 0 spiro atoms. The lowest BCUT2D eigenvalue weighted by molar-refractivity contribution is 0.188. The summed E-state index contributed by atoms with van der Waals surface area (Å²) in [6.07, 6.45) is 6.49. The van der Waals surface area contributed by atoms with Crippen molar-refractivity contribution in [3.8, 4) is 11.4 Å². The smallest absolute Gasteiger partial charge is 0.199 e. The maximum Gasteiger partial charge on any atom is 0.199 e. The van der Waals surface area contributed by atoms with Gasteiger partial charge < -0.3 is 0 Å². The summed E-state index contributed by atoms with van der Waals surface area (Å²) in [5.41, 5.74) is 3.80. The molecule has 0 N–H and O–H groups in total. The molecule has 2 aromatic heterocycles. The Labute approximate surface area is 158 Å². The van der Waals surface area contributed by atoms with E-state index in [1.807, 2.05) is 33.7 Å². The van der Waals surface area contributed by atoms with Crippen LogP contribution in [0.3, 0.4) is 0 Å². The third kappa shape index (κ3) is 3.25. The van der Waals surface area contributed by atoms with E-state index >= 15 is 0 Å². The molecule has 1 aliphatic rings. The molecule has 3 aromatic rings. The fourth-order valence-corrected chi connectivity index (χ4v) is 3.66. The standard InChI is InChI=1S/C20H21N5S/c1-2-11-24-19(17-8-5-10-21-13-17)22-25(20(24)26)15-23-12-9-16-6-3-4-7-18(16)14-23/h2-8,10,13H,1,9,11-12,14-15H2. The largest absolute Gasteiger partial charge is 0.296 e. The molecular formula is C20H21N5S. The van der Waals surface area contributed by atoms with E-state index in [-0.39, 0.29) is 0 Å². The van der Waals surface area contributed by atoms with Gasteiger partial charge in [-0.15, -0.1) is 6.58 Å². The second-order valence-corrected chi connectivity index (χ2v) is 6.82. The van der Waals surface area contributed by atoms with Crippen LogP contribution in [0.25, 0.3) is 11.4 Å². The highest BCUT2D eigenvalue weighted by atomic mass is 32.1. The Morgan fingerprint density at radius 3 is 2.77 bits per heavy atom. The molecule has 1 aromatic carbocycles. The minimum atomic E-state index is 0.631. The minimum absolute atomic E-state index is 0.631. The highest BCUT2D eigenvalue weighted by Crippen LogP contribution is 2.21. The Balaban J connectivity index is 1.63. The first-order valence-electron chi connectivity index (χ1n) is 8.74. The first-order valence-corrected chi connectivity index (χ1v) is 9.15. The first-order chi connectivity index (χ1) is 12.8. The molecule has 0 atom stereocenters. The van der Waals surface area contributed by atoms with E-state index in [2.05, 4.69) is 40.7 Å². The van der Waals surface area contributed by atoms with E-state index in [0.717, 1.165) is 30.9 Å². The summed E-state index contributed by atoms with van der Waals surface area (Å²) in [6, 6.07) is 12.6. The van der Waals surface area contributed by atoms with Gasteiger partial charge in [0.1, 0.15) is 0 Å². The molecule has 3 heterocycles. The van der Waals surface area contributed by atoms with Crippen LogP contribution in [0.2, 0.25) is 0 Å². The van der Waals surface area contributed by atoms with Gasteiger partial charge in [0.25, 0.3) is 0 Å². The lowest BCUT2D eigenvalue weighted by atomic mass is 10.0. The fourth-order valence-electron chi connectivity index (χ4n) is 3.40. The molecule has 0 fully saturated rings. The highest BCUT2D eigenvalue weighted by Gasteiger charge is 2.18. The zero-order valence-corrected chi connectivity index (χ0v) is 15.4. The van der Waals surface area contributed by atoms with Crippen LogP contribution in [0, 0.1) is 4.77 Å². The summed E-state index contributed by atoms with van der Waals surface area (Å²) >= 11 is 5.69. The number of aromatic nitrogens is 4. The molecule has 0 saturated carbocycles. The molecule has 0 bridgehead atoms. The molecule has 0 aliphatic carbocycles. The van der Waals surface area contributed by atoms with Crippen LogP contribution in [0.5, 0.6) is 0 Å². The zero-order chi connectivity index (χ0) is 17.9. The van der Waals surface area contributed by atoms with Crippen LogP contribution in [0.15, 0.2) is 61.4 Å². The summed E-state index contributed by atoms with van der Waals surface area (Å²) < 4.78 is 4.63. The van der Waals surface area contributed by atoms with Gasteiger partial charge in [-0.25, -0.2) is 4.68 Å². The van der Waals surface area contributed by atoms with E-state index in [4.69, 9.17) is 17.3 Å². The fraction of sp³-hybridized carbons (Fsp3) is 0.250. The van der Waals surface area contributed by atoms with Crippen molar-refractivity contribution >= 4 is 12.2 Å². The number of benzene rings is 1. The Bertz CT molecular complexity index is 973. The molecule has 26 heavy (non-hydrogen) atoms. The average molecular weight is 363 g/mol. The van der Waals surface area contributed by atoms with Crippen LogP contribution in [-0.4, -0.2) is 30.8 Å². The predicted octanol–water partition coefficient (Wildman–Crippen LogP) is 3.68. The third-order valence-electron chi connectivity index (χ3n) is 4.70. The van der Waals surface area contributed by atoms with Gasteiger partial charge in [-0.1, -0.05) is 30.3 Å². The number of allylic oxidation sites excluding steroid dienone is 1. The summed E-state index contributed by atoms with van der Waals surface area (Å²) in [6.45, 7) is 7.10. The van der Waals surface area contributed by atoms with Gasteiger partial charge in [-0.05, 0) is 41.9 Å². The topological polar surface area (TPSA) is 38.9 Å². The van der Waals surface area contributed by atoms with Crippen molar-refractivity contribution in [1.82, 2.24) is 24.2 Å². The molecule has 1 aliphatic heterocycles. The minimum Gasteiger partial charge on any atom is -0.296 e. The monoisotopic (exact) mass is 363 g/mol. The quantitative estimate of drug-likeness (QED) is 0.512. The van der Waals surface area contributed by atoms with Crippen molar-refractivity contribution in [1.29, 1.82) is 0 Å². The number of hydrogen-bond donors (Lipinski definition) is 0. The molecule has 0 radical (unpaired) electrons. The van der Waals surface area contributed by atoms with Crippen LogP contribution in [0.1, 0.15) is 11.1 Å². The highest BCUT2D eigenvalue weighted by molar-refractivity contribution is 7.71. The lowest BCUT2D eigenvalue weighted by Crippen LogP contribution is -2.32. The SMILES string of the molecule is C=CCn1c(-c2cccnc2)nn(CN2CCc3ccccc3C2)c1=S. The Morgan fingerprint density at radius 1 is 1.15 bits per heavy atom. The van der Waals surface area contributed by atoms with Gasteiger partial charge in [0.05, 0.1) is 6.67 Å². The van der Waals surface area contributed by atoms with Crippen molar-refractivity contribution in [2.75, 3.05) is 6.54 Å². The normalized spacial score (nSPS) is 14.2. The van der Waals surface area contributed by atoms with Gasteiger partial charge in [0.2, 0.25) is 0 Å². The summed E-state index contributed by atoms with van der Waals surface area (Å²) in [5.74, 6) is 0.834. The summed E-state index contributed by atoms with van der Waals surface area (Å²) in [5, 5.41) is 4.79. The van der Waals surface area contributed by atoms with Crippen LogP contribution in [0.4, 0.5) is 0 Å². The van der Waals surface area contributed by atoms with Crippen LogP contribution in [-0.2, 0) is 26.2 Å². The van der Waals surface area contributed by atoms with Crippen molar-refractivity contribution in [2.24, 2.45) is 0 Å². The maximum atomic E-state index is 5.69. The predicted molar refractivity (Wildman–Crippen MR) is 105 cm³/mol. The molecule has 6 heteroatoms. The number of fused-ring (bicyclic) bond motifs is 1. The number of hydrogen-bond acceptors (Lipinski definition) is 4. The average Bonchev–Trinajstić information content (AvgIpc) is 2.99.